The first-order valence-electron chi connectivity index (χ1n) is 4.32. The number of hydrogen-bond acceptors (Lipinski definition) is 2. The van der Waals surface area contributed by atoms with Crippen molar-refractivity contribution in [1.82, 2.24) is 5.32 Å². The molecule has 1 aromatic rings. The number of anilines is 1. The second-order valence-corrected chi connectivity index (χ2v) is 3.71. The van der Waals surface area contributed by atoms with Gasteiger partial charge in [-0.25, -0.2) is 4.79 Å². The highest BCUT2D eigenvalue weighted by Gasteiger charge is 2.09. The predicted octanol–water partition coefficient (Wildman–Crippen LogP) is 2.15. The van der Waals surface area contributed by atoms with Gasteiger partial charge in [0.1, 0.15) is 0 Å². The second kappa shape index (κ2) is 5.32. The highest BCUT2D eigenvalue weighted by Crippen LogP contribution is 2.21. The van der Waals surface area contributed by atoms with Crippen molar-refractivity contribution in [1.29, 1.82) is 0 Å². The van der Waals surface area contributed by atoms with Gasteiger partial charge < -0.3 is 0 Å². The molecule has 3 nitrogen and oxygen atoms in total. The molecule has 0 radical (unpaired) electrons. The van der Waals surface area contributed by atoms with E-state index >= 15 is 0 Å². The molecular formula is C11H12N2OS. The molecule has 0 heterocycles. The first-order chi connectivity index (χ1) is 7.19. The van der Waals surface area contributed by atoms with Crippen LogP contribution in [0, 0.1) is 12.5 Å². The largest absolute Gasteiger partial charge is 0.333 e. The molecule has 1 aromatic carbocycles. The number of amides is 2. The summed E-state index contributed by atoms with van der Waals surface area (Å²) in [5.41, 5.74) is 0.814. The summed E-state index contributed by atoms with van der Waals surface area (Å²) in [5.74, 6) is 0. The molecule has 15 heavy (non-hydrogen) atoms. The van der Waals surface area contributed by atoms with E-state index in [0.29, 0.717) is 0 Å². The molecule has 0 atom stereocenters. The molecule has 0 bridgehead atoms. The van der Waals surface area contributed by atoms with Crippen LogP contribution in [0.3, 0.4) is 0 Å². The predicted molar refractivity (Wildman–Crippen MR) is 64.0 cm³/mol. The van der Waals surface area contributed by atoms with Crippen molar-refractivity contribution in [3.05, 3.63) is 24.3 Å². The summed E-state index contributed by atoms with van der Waals surface area (Å²) in [6.45, 7) is 0. The maximum atomic E-state index is 11.4. The zero-order valence-corrected chi connectivity index (χ0v) is 9.47. The van der Waals surface area contributed by atoms with E-state index in [1.807, 2.05) is 30.5 Å². The Morgan fingerprint density at radius 3 is 2.93 bits per heavy atom. The number of nitrogens with one attached hydrogen (secondary N) is 1. The zero-order chi connectivity index (χ0) is 11.3. The Balaban J connectivity index is 2.86. The SMILES string of the molecule is C#CNC(=O)N(C)c1cccc(SC)c1. The molecule has 0 spiro atoms. The first kappa shape index (κ1) is 11.5. The normalized spacial score (nSPS) is 9.13. The third-order valence-electron chi connectivity index (χ3n) is 1.92. The van der Waals surface area contributed by atoms with Crippen LogP contribution in [0.5, 0.6) is 0 Å². The molecule has 1 rings (SSSR count). The average Bonchev–Trinajstić information content (AvgIpc) is 2.28. The van der Waals surface area contributed by atoms with Gasteiger partial charge >= 0.3 is 6.03 Å². The number of nitrogens with zero attached hydrogens (tertiary/aromatic N) is 1. The van der Waals surface area contributed by atoms with Gasteiger partial charge in [-0.05, 0) is 24.5 Å². The molecule has 0 saturated heterocycles. The van der Waals surface area contributed by atoms with Crippen molar-refractivity contribution in [2.24, 2.45) is 0 Å². The third-order valence-corrected chi connectivity index (χ3v) is 2.65. The number of carbonyl (C=O) groups is 1. The van der Waals surface area contributed by atoms with Crippen LogP contribution >= 0.6 is 11.8 Å². The van der Waals surface area contributed by atoms with E-state index in [-0.39, 0.29) is 6.03 Å². The lowest BCUT2D eigenvalue weighted by Crippen LogP contribution is -2.34. The Labute approximate surface area is 93.8 Å². The quantitative estimate of drug-likeness (QED) is 0.470. The van der Waals surface area contributed by atoms with Gasteiger partial charge in [0.05, 0.1) is 0 Å². The fraction of sp³-hybridized carbons (Fsp3) is 0.182. The fourth-order valence-corrected chi connectivity index (χ4v) is 1.54. The second-order valence-electron chi connectivity index (χ2n) is 2.83. The van der Waals surface area contributed by atoms with Crippen LogP contribution in [0.15, 0.2) is 29.2 Å². The van der Waals surface area contributed by atoms with Gasteiger partial charge in [0.25, 0.3) is 0 Å². The van der Waals surface area contributed by atoms with Crippen LogP contribution in [0.2, 0.25) is 0 Å². The van der Waals surface area contributed by atoms with Crippen molar-refractivity contribution >= 4 is 23.5 Å². The molecule has 2 amide bonds. The lowest BCUT2D eigenvalue weighted by molar-refractivity contribution is 0.251. The average molecular weight is 220 g/mol. The number of carbonyl (C=O) groups excluding carboxylic acids is 1. The summed E-state index contributed by atoms with van der Waals surface area (Å²) < 4.78 is 0. The molecule has 0 aliphatic rings. The van der Waals surface area contributed by atoms with E-state index in [2.05, 4.69) is 11.4 Å². The topological polar surface area (TPSA) is 32.3 Å². The minimum atomic E-state index is -0.309. The van der Waals surface area contributed by atoms with E-state index < -0.39 is 0 Å². The summed E-state index contributed by atoms with van der Waals surface area (Å²) >= 11 is 1.63. The van der Waals surface area contributed by atoms with Crippen LogP contribution in [-0.2, 0) is 0 Å². The van der Waals surface area contributed by atoms with Gasteiger partial charge in [0, 0.05) is 23.7 Å². The molecule has 0 unspecified atom stereocenters. The summed E-state index contributed by atoms with van der Waals surface area (Å²) in [4.78, 5) is 14.0. The summed E-state index contributed by atoms with van der Waals surface area (Å²) in [7, 11) is 1.67. The Morgan fingerprint density at radius 1 is 1.60 bits per heavy atom. The molecule has 0 fully saturated rings. The molecule has 1 N–H and O–H groups in total. The van der Waals surface area contributed by atoms with E-state index in [1.54, 1.807) is 18.8 Å². The van der Waals surface area contributed by atoms with Crippen molar-refractivity contribution in [3.8, 4) is 12.5 Å². The molecule has 0 aromatic heterocycles. The summed E-state index contributed by atoms with van der Waals surface area (Å²) in [5, 5.41) is 2.29. The molecule has 78 valence electrons. The number of terminal acetylenes is 1. The van der Waals surface area contributed by atoms with Crippen molar-refractivity contribution in [2.45, 2.75) is 4.90 Å². The van der Waals surface area contributed by atoms with Crippen LogP contribution < -0.4 is 10.2 Å². The molecule has 4 heteroatoms. The van der Waals surface area contributed by atoms with Crippen LogP contribution in [-0.4, -0.2) is 19.3 Å². The standard InChI is InChI=1S/C11H12N2OS/c1-4-12-11(14)13(2)9-6-5-7-10(8-9)15-3/h1,5-8H,2-3H3,(H,12,14). The number of rotatable bonds is 2. The maximum absolute atomic E-state index is 11.4. The Kier molecular flexibility index (Phi) is 4.07. The van der Waals surface area contributed by atoms with E-state index in [1.165, 1.54) is 4.90 Å². The lowest BCUT2D eigenvalue weighted by Gasteiger charge is -2.16. The van der Waals surface area contributed by atoms with E-state index in [4.69, 9.17) is 6.42 Å². The molecule has 0 saturated carbocycles. The summed E-state index contributed by atoms with van der Waals surface area (Å²) in [6.07, 6.45) is 6.98. The molecule has 0 aliphatic heterocycles. The van der Waals surface area contributed by atoms with Crippen LogP contribution in [0.25, 0.3) is 0 Å². The Hall–Kier alpha value is -1.60. The van der Waals surface area contributed by atoms with Gasteiger partial charge in [-0.3, -0.25) is 10.2 Å². The fourth-order valence-electron chi connectivity index (χ4n) is 1.08. The van der Waals surface area contributed by atoms with Gasteiger partial charge in [0.15, 0.2) is 0 Å². The van der Waals surface area contributed by atoms with E-state index in [9.17, 15) is 4.79 Å². The Morgan fingerprint density at radius 2 is 2.33 bits per heavy atom. The number of urea groups is 1. The van der Waals surface area contributed by atoms with Gasteiger partial charge in [0.2, 0.25) is 0 Å². The van der Waals surface area contributed by atoms with Gasteiger partial charge in [-0.2, -0.15) is 0 Å². The number of thioether (sulfide) groups is 1. The Bertz CT molecular complexity index is 398. The summed E-state index contributed by atoms with van der Waals surface area (Å²) in [6, 6.07) is 9.47. The maximum Gasteiger partial charge on any atom is 0.333 e. The van der Waals surface area contributed by atoms with Crippen LogP contribution in [0.4, 0.5) is 10.5 Å². The lowest BCUT2D eigenvalue weighted by atomic mass is 10.3. The minimum absolute atomic E-state index is 0.309. The smallest absolute Gasteiger partial charge is 0.297 e. The zero-order valence-electron chi connectivity index (χ0n) is 8.65. The van der Waals surface area contributed by atoms with Gasteiger partial charge in [-0.1, -0.05) is 12.5 Å². The van der Waals surface area contributed by atoms with Crippen LogP contribution in [0.1, 0.15) is 0 Å². The van der Waals surface area contributed by atoms with Crippen molar-refractivity contribution < 1.29 is 4.79 Å². The van der Waals surface area contributed by atoms with Crippen molar-refractivity contribution in [2.75, 3.05) is 18.2 Å². The third kappa shape index (κ3) is 2.93. The minimum Gasteiger partial charge on any atom is -0.297 e. The van der Waals surface area contributed by atoms with Gasteiger partial charge in [-0.15, -0.1) is 11.8 Å². The number of hydrogen-bond donors (Lipinski definition) is 1. The highest BCUT2D eigenvalue weighted by molar-refractivity contribution is 7.98. The number of benzene rings is 1. The molecular weight excluding hydrogens is 208 g/mol. The highest BCUT2D eigenvalue weighted by atomic mass is 32.2. The van der Waals surface area contributed by atoms with Crippen molar-refractivity contribution in [3.63, 3.8) is 0 Å². The first-order valence-corrected chi connectivity index (χ1v) is 5.55. The molecule has 0 aliphatic carbocycles. The van der Waals surface area contributed by atoms with E-state index in [0.717, 1.165) is 10.6 Å². The monoisotopic (exact) mass is 220 g/mol.